The number of nitro benzene ring substituents is 1. The molecule has 11 heteroatoms. The van der Waals surface area contributed by atoms with Crippen molar-refractivity contribution < 1.29 is 19.2 Å². The van der Waals surface area contributed by atoms with Gasteiger partial charge in [-0.1, -0.05) is 18.2 Å². The number of H-pyrrole nitrogens is 1. The number of aromatic amines is 1. The largest absolute Gasteiger partial charge is 0.494 e. The first-order valence-corrected chi connectivity index (χ1v) is 10.8. The summed E-state index contributed by atoms with van der Waals surface area (Å²) in [5, 5.41) is 15.5. The fraction of sp³-hybridized carbons (Fsp3) is 0.208. The van der Waals surface area contributed by atoms with E-state index in [1.54, 1.807) is 38.2 Å². The molecule has 0 saturated carbocycles. The number of esters is 1. The Kier molecular flexibility index (Phi) is 6.49. The van der Waals surface area contributed by atoms with E-state index in [9.17, 15) is 14.9 Å². The summed E-state index contributed by atoms with van der Waals surface area (Å²) in [6.45, 7) is 1.92. The summed E-state index contributed by atoms with van der Waals surface area (Å²) in [6.07, 6.45) is 3.14. The minimum atomic E-state index is -0.553. The van der Waals surface area contributed by atoms with Crippen LogP contribution in [0.4, 0.5) is 23.0 Å². The number of nitrogens with zero attached hydrogens (tertiary/aromatic N) is 4. The zero-order chi connectivity index (χ0) is 25.1. The van der Waals surface area contributed by atoms with Gasteiger partial charge in [0, 0.05) is 55.1 Å². The van der Waals surface area contributed by atoms with Gasteiger partial charge in [-0.2, -0.15) is 0 Å². The molecule has 2 aromatic carbocycles. The van der Waals surface area contributed by atoms with Gasteiger partial charge < -0.3 is 24.7 Å². The fourth-order valence-corrected chi connectivity index (χ4v) is 3.72. The van der Waals surface area contributed by atoms with Crippen molar-refractivity contribution in [1.82, 2.24) is 15.0 Å². The Morgan fingerprint density at radius 1 is 1.26 bits per heavy atom. The molecule has 0 radical (unpaired) electrons. The van der Waals surface area contributed by atoms with Crippen LogP contribution in [0.3, 0.4) is 0 Å². The van der Waals surface area contributed by atoms with Gasteiger partial charge in [-0.15, -0.1) is 0 Å². The zero-order valence-electron chi connectivity index (χ0n) is 19.7. The second-order valence-corrected chi connectivity index (χ2v) is 7.74. The van der Waals surface area contributed by atoms with Gasteiger partial charge in [-0.3, -0.25) is 10.1 Å². The maximum absolute atomic E-state index is 12.7. The van der Waals surface area contributed by atoms with Gasteiger partial charge in [0.2, 0.25) is 5.95 Å². The minimum Gasteiger partial charge on any atom is -0.494 e. The average molecular weight is 476 g/mol. The Labute approximate surface area is 200 Å². The molecule has 0 saturated heterocycles. The second-order valence-electron chi connectivity index (χ2n) is 7.74. The molecular weight excluding hydrogens is 452 g/mol. The van der Waals surface area contributed by atoms with Crippen LogP contribution in [0.15, 0.2) is 48.8 Å². The predicted octanol–water partition coefficient (Wildman–Crippen LogP) is 4.53. The Bertz CT molecular complexity index is 1420. The van der Waals surface area contributed by atoms with Gasteiger partial charge in [-0.05, 0) is 13.0 Å². The molecule has 4 rings (SSSR count). The number of anilines is 3. The quantitative estimate of drug-likeness (QED) is 0.214. The topological polar surface area (TPSA) is 136 Å². The van der Waals surface area contributed by atoms with Crippen molar-refractivity contribution in [3.8, 4) is 17.0 Å². The van der Waals surface area contributed by atoms with E-state index < -0.39 is 10.9 Å². The molecule has 2 aromatic heterocycles. The van der Waals surface area contributed by atoms with Gasteiger partial charge in [0.15, 0.2) is 0 Å². The number of nitrogens with one attached hydrogen (secondary N) is 2. The third kappa shape index (κ3) is 4.56. The summed E-state index contributed by atoms with van der Waals surface area (Å²) in [5.74, 6) is -0.0579. The molecule has 0 atom stereocenters. The standard InChI is InChI=1S/C24H24N6O5/c1-5-35-23(31)16-13-26-24(28-22(16)15-12-25-17-9-7-6-8-14(15)17)27-18-10-20(30(32)33)19(29(2)3)11-21(18)34-4/h6-13,25H,5H2,1-4H3,(H,26,27,28). The van der Waals surface area contributed by atoms with Gasteiger partial charge in [0.1, 0.15) is 17.0 Å². The van der Waals surface area contributed by atoms with Crippen molar-refractivity contribution >= 4 is 39.9 Å². The maximum atomic E-state index is 12.7. The number of para-hydroxylation sites is 1. The Morgan fingerprint density at radius 2 is 2.03 bits per heavy atom. The van der Waals surface area contributed by atoms with Crippen molar-refractivity contribution in [2.24, 2.45) is 0 Å². The molecule has 0 aliphatic rings. The molecule has 0 spiro atoms. The number of nitro groups is 1. The van der Waals surface area contributed by atoms with Gasteiger partial charge >= 0.3 is 5.97 Å². The van der Waals surface area contributed by atoms with E-state index in [-0.39, 0.29) is 23.8 Å². The molecule has 2 N–H and O–H groups in total. The first kappa shape index (κ1) is 23.5. The van der Waals surface area contributed by atoms with Gasteiger partial charge in [0.25, 0.3) is 5.69 Å². The summed E-state index contributed by atoms with van der Waals surface area (Å²) in [7, 11) is 4.88. The molecule has 0 bridgehead atoms. The number of fused-ring (bicyclic) bond motifs is 1. The molecule has 0 aliphatic carbocycles. The highest BCUT2D eigenvalue weighted by atomic mass is 16.6. The highest BCUT2D eigenvalue weighted by Crippen LogP contribution is 2.39. The smallest absolute Gasteiger partial charge is 0.341 e. The third-order valence-corrected chi connectivity index (χ3v) is 5.35. The lowest BCUT2D eigenvalue weighted by atomic mass is 10.1. The van der Waals surface area contributed by atoms with Crippen LogP contribution in [0.5, 0.6) is 5.75 Å². The van der Waals surface area contributed by atoms with Crippen molar-refractivity contribution in [3.63, 3.8) is 0 Å². The molecule has 0 unspecified atom stereocenters. The van der Waals surface area contributed by atoms with Crippen molar-refractivity contribution in [2.45, 2.75) is 6.92 Å². The van der Waals surface area contributed by atoms with Crippen LogP contribution in [0.1, 0.15) is 17.3 Å². The van der Waals surface area contributed by atoms with Crippen LogP contribution in [-0.2, 0) is 4.74 Å². The van der Waals surface area contributed by atoms with Crippen LogP contribution in [-0.4, -0.2) is 53.7 Å². The molecule has 0 amide bonds. The number of rotatable bonds is 8. The highest BCUT2D eigenvalue weighted by Gasteiger charge is 2.23. The Morgan fingerprint density at radius 3 is 2.71 bits per heavy atom. The lowest BCUT2D eigenvalue weighted by Crippen LogP contribution is -2.12. The Hall–Kier alpha value is -4.67. The number of methoxy groups -OCH3 is 1. The molecular formula is C24H24N6O5. The van der Waals surface area contributed by atoms with E-state index in [0.29, 0.717) is 28.4 Å². The number of carbonyl (C=O) groups is 1. The van der Waals surface area contributed by atoms with E-state index in [2.05, 4.69) is 20.3 Å². The maximum Gasteiger partial charge on any atom is 0.341 e. The van der Waals surface area contributed by atoms with Crippen LogP contribution < -0.4 is 15.0 Å². The zero-order valence-corrected chi connectivity index (χ0v) is 19.7. The molecule has 35 heavy (non-hydrogen) atoms. The predicted molar refractivity (Wildman–Crippen MR) is 133 cm³/mol. The Balaban J connectivity index is 1.84. The SMILES string of the molecule is CCOC(=O)c1cnc(Nc2cc([N+](=O)[O-])c(N(C)C)cc2OC)nc1-c1c[nH]c2ccccc12. The van der Waals surface area contributed by atoms with Crippen molar-refractivity contribution in [2.75, 3.05) is 38.0 Å². The van der Waals surface area contributed by atoms with E-state index in [0.717, 1.165) is 10.9 Å². The molecule has 2 heterocycles. The van der Waals surface area contributed by atoms with Crippen molar-refractivity contribution in [3.05, 3.63) is 64.5 Å². The second kappa shape index (κ2) is 9.67. The molecule has 180 valence electrons. The van der Waals surface area contributed by atoms with Crippen LogP contribution in [0, 0.1) is 10.1 Å². The number of benzene rings is 2. The number of carbonyl (C=O) groups excluding carboxylic acids is 1. The first-order valence-electron chi connectivity index (χ1n) is 10.8. The summed E-state index contributed by atoms with van der Waals surface area (Å²) in [5.41, 5.74) is 2.70. The van der Waals surface area contributed by atoms with Crippen LogP contribution >= 0.6 is 0 Å². The summed E-state index contributed by atoms with van der Waals surface area (Å²) in [4.78, 5) is 37.5. The molecule has 4 aromatic rings. The van der Waals surface area contributed by atoms with Gasteiger partial charge in [-0.25, -0.2) is 14.8 Å². The minimum absolute atomic E-state index is 0.113. The lowest BCUT2D eigenvalue weighted by molar-refractivity contribution is -0.384. The molecule has 0 fully saturated rings. The van der Waals surface area contributed by atoms with Crippen LogP contribution in [0.2, 0.25) is 0 Å². The highest BCUT2D eigenvalue weighted by molar-refractivity contribution is 6.02. The summed E-state index contributed by atoms with van der Waals surface area (Å²) < 4.78 is 10.7. The molecule has 11 nitrogen and oxygen atoms in total. The first-order chi connectivity index (χ1) is 16.8. The summed E-state index contributed by atoms with van der Waals surface area (Å²) >= 11 is 0. The van der Waals surface area contributed by atoms with E-state index in [1.807, 2.05) is 24.3 Å². The number of hydrogen-bond acceptors (Lipinski definition) is 9. The van der Waals surface area contributed by atoms with Crippen molar-refractivity contribution in [1.29, 1.82) is 0 Å². The summed E-state index contributed by atoms with van der Waals surface area (Å²) in [6, 6.07) is 10.5. The number of aromatic nitrogens is 3. The van der Waals surface area contributed by atoms with E-state index >= 15 is 0 Å². The third-order valence-electron chi connectivity index (χ3n) is 5.35. The average Bonchev–Trinajstić information content (AvgIpc) is 3.27. The number of hydrogen-bond donors (Lipinski definition) is 2. The number of ether oxygens (including phenoxy) is 2. The fourth-order valence-electron chi connectivity index (χ4n) is 3.72. The molecule has 0 aliphatic heterocycles. The lowest BCUT2D eigenvalue weighted by Gasteiger charge is -2.17. The van der Waals surface area contributed by atoms with E-state index in [1.165, 1.54) is 19.4 Å². The van der Waals surface area contributed by atoms with Gasteiger partial charge in [0.05, 0.1) is 30.0 Å². The van der Waals surface area contributed by atoms with E-state index in [4.69, 9.17) is 9.47 Å². The monoisotopic (exact) mass is 476 g/mol. The van der Waals surface area contributed by atoms with Crippen LogP contribution in [0.25, 0.3) is 22.2 Å². The normalized spacial score (nSPS) is 10.7.